The molecule has 0 bridgehead atoms. The number of ether oxygens (including phenoxy) is 1. The lowest BCUT2D eigenvalue weighted by Gasteiger charge is -2.12. The molecular formula is C16H19Cl4N3O2. The predicted octanol–water partition coefficient (Wildman–Crippen LogP) is 3.86. The van der Waals surface area contributed by atoms with Gasteiger partial charge in [-0.25, -0.2) is 4.98 Å². The largest absolute Gasteiger partial charge is 0.460 e. The topological polar surface area (TPSA) is 78.1 Å². The van der Waals surface area contributed by atoms with Crippen molar-refractivity contribution in [2.24, 2.45) is 5.73 Å². The Morgan fingerprint density at radius 2 is 1.76 bits per heavy atom. The molecule has 0 radical (unpaired) electrons. The molecule has 25 heavy (non-hydrogen) atoms. The first-order valence-electron chi connectivity index (χ1n) is 7.01. The van der Waals surface area contributed by atoms with E-state index in [4.69, 9.17) is 33.7 Å². The molecule has 2 rings (SSSR count). The molecule has 0 aromatic carbocycles. The van der Waals surface area contributed by atoms with Crippen molar-refractivity contribution in [2.75, 3.05) is 0 Å². The standard InChI is InChI=1S/C16H17Cl2N3O2.2ClH/c1-9-3-11(7-20-10(9)2)4-13(19)16(22)23-8-12-5-14(17)21-15(18)6-12;;/h3,5-7,13H,4,8,19H2,1-2H3;2*1H/t13-;;/m0../s1. The average Bonchev–Trinajstić information content (AvgIpc) is 2.47. The van der Waals surface area contributed by atoms with Crippen molar-refractivity contribution in [2.45, 2.75) is 32.9 Å². The molecule has 0 unspecified atom stereocenters. The van der Waals surface area contributed by atoms with Gasteiger partial charge in [-0.05, 0) is 49.1 Å². The molecule has 2 aromatic heterocycles. The lowest BCUT2D eigenvalue weighted by atomic mass is 10.1. The first-order chi connectivity index (χ1) is 10.8. The van der Waals surface area contributed by atoms with Crippen molar-refractivity contribution in [3.63, 3.8) is 0 Å². The number of esters is 1. The normalized spacial score (nSPS) is 11.1. The molecule has 2 heterocycles. The number of nitrogens with zero attached hydrogens (tertiary/aromatic N) is 2. The van der Waals surface area contributed by atoms with Crippen LogP contribution in [0.3, 0.4) is 0 Å². The molecule has 5 nitrogen and oxygen atoms in total. The highest BCUT2D eigenvalue weighted by molar-refractivity contribution is 6.32. The number of carbonyl (C=O) groups excluding carboxylic acids is 1. The van der Waals surface area contributed by atoms with Crippen LogP contribution in [0.1, 0.15) is 22.4 Å². The maximum Gasteiger partial charge on any atom is 0.323 e. The number of nitrogens with two attached hydrogens (primary N) is 1. The van der Waals surface area contributed by atoms with E-state index >= 15 is 0 Å². The summed E-state index contributed by atoms with van der Waals surface area (Å²) in [7, 11) is 0. The van der Waals surface area contributed by atoms with Crippen LogP contribution in [0.25, 0.3) is 0 Å². The molecule has 0 fully saturated rings. The van der Waals surface area contributed by atoms with Gasteiger partial charge in [0.1, 0.15) is 23.0 Å². The summed E-state index contributed by atoms with van der Waals surface area (Å²) >= 11 is 11.6. The van der Waals surface area contributed by atoms with Gasteiger partial charge in [-0.15, -0.1) is 24.8 Å². The lowest BCUT2D eigenvalue weighted by molar-refractivity contribution is -0.146. The van der Waals surface area contributed by atoms with Gasteiger partial charge in [0.2, 0.25) is 0 Å². The maximum absolute atomic E-state index is 12.0. The third kappa shape index (κ3) is 7.34. The molecule has 0 aliphatic rings. The first-order valence-corrected chi connectivity index (χ1v) is 7.77. The summed E-state index contributed by atoms with van der Waals surface area (Å²) in [6.07, 6.45) is 2.09. The van der Waals surface area contributed by atoms with Gasteiger partial charge in [0.15, 0.2) is 0 Å². The van der Waals surface area contributed by atoms with Gasteiger partial charge in [0.05, 0.1) is 0 Å². The van der Waals surface area contributed by atoms with E-state index in [0.29, 0.717) is 12.0 Å². The van der Waals surface area contributed by atoms with Crippen LogP contribution < -0.4 is 5.73 Å². The first kappa shape index (κ1) is 23.9. The molecule has 0 aliphatic heterocycles. The van der Waals surface area contributed by atoms with Crippen molar-refractivity contribution >= 4 is 54.0 Å². The van der Waals surface area contributed by atoms with Crippen molar-refractivity contribution in [3.05, 3.63) is 57.1 Å². The minimum atomic E-state index is -0.758. The fourth-order valence-electron chi connectivity index (χ4n) is 2.01. The molecule has 0 saturated heterocycles. The Balaban J connectivity index is 0.00000288. The van der Waals surface area contributed by atoms with Crippen LogP contribution in [0.4, 0.5) is 0 Å². The fraction of sp³-hybridized carbons (Fsp3) is 0.312. The smallest absolute Gasteiger partial charge is 0.323 e. The molecule has 0 saturated carbocycles. The van der Waals surface area contributed by atoms with Crippen LogP contribution in [0, 0.1) is 13.8 Å². The molecule has 138 valence electrons. The SMILES string of the molecule is Cc1cc(C[C@H](N)C(=O)OCc2cc(Cl)nc(Cl)c2)cnc1C.Cl.Cl. The molecule has 0 aliphatic carbocycles. The Morgan fingerprint density at radius 3 is 2.32 bits per heavy atom. The third-order valence-corrected chi connectivity index (χ3v) is 3.75. The number of aryl methyl sites for hydroxylation is 2. The van der Waals surface area contributed by atoms with Gasteiger partial charge in [-0.2, -0.15) is 0 Å². The van der Waals surface area contributed by atoms with Crippen LogP contribution in [-0.4, -0.2) is 22.0 Å². The third-order valence-electron chi connectivity index (χ3n) is 3.36. The second-order valence-electron chi connectivity index (χ2n) is 5.29. The average molecular weight is 427 g/mol. The summed E-state index contributed by atoms with van der Waals surface area (Å²) in [6.45, 7) is 3.94. The van der Waals surface area contributed by atoms with Gasteiger partial charge in [-0.3, -0.25) is 9.78 Å². The molecule has 2 aromatic rings. The van der Waals surface area contributed by atoms with E-state index < -0.39 is 12.0 Å². The Bertz CT molecular complexity index is 708. The Hall–Kier alpha value is -1.11. The number of hydrogen-bond donors (Lipinski definition) is 1. The Labute approximate surface area is 169 Å². The van der Waals surface area contributed by atoms with Crippen molar-refractivity contribution in [1.82, 2.24) is 9.97 Å². The lowest BCUT2D eigenvalue weighted by Crippen LogP contribution is -2.34. The number of pyridine rings is 2. The van der Waals surface area contributed by atoms with Crippen LogP contribution in [-0.2, 0) is 22.6 Å². The monoisotopic (exact) mass is 425 g/mol. The summed E-state index contributed by atoms with van der Waals surface area (Å²) in [4.78, 5) is 20.1. The quantitative estimate of drug-likeness (QED) is 0.580. The molecule has 2 N–H and O–H groups in total. The minimum absolute atomic E-state index is 0. The zero-order valence-corrected chi connectivity index (χ0v) is 16.8. The molecule has 0 spiro atoms. The minimum Gasteiger partial charge on any atom is -0.460 e. The van der Waals surface area contributed by atoms with Gasteiger partial charge in [0, 0.05) is 11.9 Å². The van der Waals surface area contributed by atoms with Gasteiger partial charge in [0.25, 0.3) is 0 Å². The predicted molar refractivity (Wildman–Crippen MR) is 104 cm³/mol. The zero-order valence-electron chi connectivity index (χ0n) is 13.7. The van der Waals surface area contributed by atoms with Crippen LogP contribution in [0.15, 0.2) is 24.4 Å². The van der Waals surface area contributed by atoms with E-state index in [1.54, 1.807) is 18.3 Å². The van der Waals surface area contributed by atoms with E-state index in [1.807, 2.05) is 19.9 Å². The summed E-state index contributed by atoms with van der Waals surface area (Å²) in [5, 5.41) is 0.489. The van der Waals surface area contributed by atoms with Crippen LogP contribution >= 0.6 is 48.0 Å². The second kappa shape index (κ2) is 10.8. The summed E-state index contributed by atoms with van der Waals surface area (Å²) in [5.74, 6) is -0.493. The summed E-state index contributed by atoms with van der Waals surface area (Å²) < 4.78 is 5.20. The zero-order chi connectivity index (χ0) is 17.0. The van der Waals surface area contributed by atoms with E-state index in [1.165, 1.54) is 0 Å². The Morgan fingerprint density at radius 1 is 1.16 bits per heavy atom. The molecule has 0 amide bonds. The maximum atomic E-state index is 12.0. The number of halogens is 4. The molecule has 9 heteroatoms. The number of aromatic nitrogens is 2. The van der Waals surface area contributed by atoms with E-state index in [-0.39, 0.29) is 41.7 Å². The summed E-state index contributed by atoms with van der Waals surface area (Å²) in [5.41, 5.74) is 9.46. The van der Waals surface area contributed by atoms with Gasteiger partial charge >= 0.3 is 5.97 Å². The number of rotatable bonds is 5. The van der Waals surface area contributed by atoms with Gasteiger partial charge < -0.3 is 10.5 Å². The molecular weight excluding hydrogens is 408 g/mol. The highest BCUT2D eigenvalue weighted by atomic mass is 35.5. The Kier molecular flexibility index (Phi) is 10.3. The number of hydrogen-bond acceptors (Lipinski definition) is 5. The van der Waals surface area contributed by atoms with Crippen LogP contribution in [0.5, 0.6) is 0 Å². The van der Waals surface area contributed by atoms with Crippen molar-refractivity contribution < 1.29 is 9.53 Å². The van der Waals surface area contributed by atoms with E-state index in [2.05, 4.69) is 9.97 Å². The second-order valence-corrected chi connectivity index (χ2v) is 6.06. The van der Waals surface area contributed by atoms with E-state index in [9.17, 15) is 4.79 Å². The molecule has 1 atom stereocenters. The van der Waals surface area contributed by atoms with Crippen molar-refractivity contribution in [1.29, 1.82) is 0 Å². The highest BCUT2D eigenvalue weighted by Gasteiger charge is 2.16. The highest BCUT2D eigenvalue weighted by Crippen LogP contribution is 2.16. The fourth-order valence-corrected chi connectivity index (χ4v) is 2.51. The number of carbonyl (C=O) groups is 1. The summed E-state index contributed by atoms with van der Waals surface area (Å²) in [6, 6.07) is 4.38. The van der Waals surface area contributed by atoms with E-state index in [0.717, 1.165) is 16.8 Å². The van der Waals surface area contributed by atoms with Gasteiger partial charge in [-0.1, -0.05) is 29.3 Å². The van der Waals surface area contributed by atoms with Crippen LogP contribution in [0.2, 0.25) is 10.3 Å². The van der Waals surface area contributed by atoms with Crippen molar-refractivity contribution in [3.8, 4) is 0 Å².